The molecule has 0 radical (unpaired) electrons. The number of thiocarbonyl (C=S) groups is 1. The van der Waals surface area contributed by atoms with Crippen LogP contribution in [0.3, 0.4) is 0 Å². The van der Waals surface area contributed by atoms with Gasteiger partial charge in [0.1, 0.15) is 0 Å². The van der Waals surface area contributed by atoms with Gasteiger partial charge in [0.2, 0.25) is 0 Å². The Balaban J connectivity index is 2.05. The lowest BCUT2D eigenvalue weighted by Crippen LogP contribution is -2.47. The summed E-state index contributed by atoms with van der Waals surface area (Å²) in [5.41, 5.74) is 6.42. The molecule has 5 nitrogen and oxygen atoms in total. The number of hydrogen-bond acceptors (Lipinski definition) is 4. The predicted octanol–water partition coefficient (Wildman–Crippen LogP) is 0.596. The molecular weight excluding hydrogens is 282 g/mol. The Morgan fingerprint density at radius 3 is 3.05 bits per heavy atom. The van der Waals surface area contributed by atoms with E-state index in [-0.39, 0.29) is 17.6 Å². The van der Waals surface area contributed by atoms with Gasteiger partial charge < -0.3 is 16.0 Å². The summed E-state index contributed by atoms with van der Waals surface area (Å²) in [7, 11) is 0. The molecule has 0 fully saturated rings. The van der Waals surface area contributed by atoms with Crippen molar-refractivity contribution in [1.29, 1.82) is 0 Å². The summed E-state index contributed by atoms with van der Waals surface area (Å²) in [6.07, 6.45) is 0.797. The van der Waals surface area contributed by atoms with Gasteiger partial charge in [-0.1, -0.05) is 12.2 Å². The summed E-state index contributed by atoms with van der Waals surface area (Å²) < 4.78 is 0. The molecule has 1 aromatic heterocycles. The van der Waals surface area contributed by atoms with E-state index in [0.29, 0.717) is 6.54 Å². The second-order valence-electron chi connectivity index (χ2n) is 4.37. The molecule has 7 heteroatoms. The van der Waals surface area contributed by atoms with Crippen LogP contribution in [0.5, 0.6) is 0 Å². The highest BCUT2D eigenvalue weighted by atomic mass is 32.1. The van der Waals surface area contributed by atoms with E-state index in [2.05, 4.69) is 17.5 Å². The van der Waals surface area contributed by atoms with Gasteiger partial charge in [-0.05, 0) is 30.4 Å². The monoisotopic (exact) mass is 297 g/mol. The topological polar surface area (TPSA) is 75.4 Å². The lowest BCUT2D eigenvalue weighted by Gasteiger charge is -2.33. The average molecular weight is 297 g/mol. The Hall–Kier alpha value is -1.47. The van der Waals surface area contributed by atoms with E-state index in [4.69, 9.17) is 5.73 Å². The molecule has 2 amide bonds. The third-order valence-electron chi connectivity index (χ3n) is 3.16. The Morgan fingerprint density at radius 2 is 2.37 bits per heavy atom. The van der Waals surface area contributed by atoms with Gasteiger partial charge in [-0.3, -0.25) is 9.59 Å². The van der Waals surface area contributed by atoms with E-state index in [1.54, 1.807) is 16.2 Å². The number of hydrogen-bond donors (Lipinski definition) is 2. The number of nitrogens with one attached hydrogen (secondary N) is 1. The molecule has 1 aromatic rings. The van der Waals surface area contributed by atoms with Crippen LogP contribution in [0.2, 0.25) is 0 Å². The first-order valence-electron chi connectivity index (χ1n) is 5.94. The molecular formula is C12H15N3O2S2. The molecule has 1 unspecified atom stereocenters. The van der Waals surface area contributed by atoms with Crippen molar-refractivity contribution in [2.75, 3.05) is 13.1 Å². The van der Waals surface area contributed by atoms with Crippen LogP contribution in [-0.2, 0) is 16.0 Å². The zero-order valence-corrected chi connectivity index (χ0v) is 12.1. The fourth-order valence-corrected chi connectivity index (χ4v) is 3.20. The minimum atomic E-state index is -0.654. The van der Waals surface area contributed by atoms with Crippen molar-refractivity contribution in [1.82, 2.24) is 10.2 Å². The van der Waals surface area contributed by atoms with Gasteiger partial charge in [-0.25, -0.2) is 0 Å². The second kappa shape index (κ2) is 5.66. The van der Waals surface area contributed by atoms with E-state index in [1.165, 1.54) is 4.88 Å². The maximum absolute atomic E-state index is 12.1. The normalized spacial score (nSPS) is 17.7. The number of carbonyl (C=O) groups is 2. The summed E-state index contributed by atoms with van der Waals surface area (Å²) in [5.74, 6) is -1.18. The van der Waals surface area contributed by atoms with Crippen LogP contribution in [0, 0.1) is 0 Å². The average Bonchev–Trinajstić information content (AvgIpc) is 2.84. The molecule has 0 bridgehead atoms. The van der Waals surface area contributed by atoms with Gasteiger partial charge in [-0.15, -0.1) is 11.3 Å². The maximum atomic E-state index is 12.1. The van der Waals surface area contributed by atoms with Crippen molar-refractivity contribution in [2.24, 2.45) is 5.73 Å². The minimum Gasteiger partial charge on any atom is -0.392 e. The Kier molecular flexibility index (Phi) is 4.16. The van der Waals surface area contributed by atoms with Crippen LogP contribution in [0.25, 0.3) is 0 Å². The maximum Gasteiger partial charge on any atom is 0.312 e. The van der Waals surface area contributed by atoms with E-state index in [0.717, 1.165) is 12.0 Å². The molecule has 1 aliphatic heterocycles. The van der Waals surface area contributed by atoms with Gasteiger partial charge in [-0.2, -0.15) is 0 Å². The zero-order valence-electron chi connectivity index (χ0n) is 10.5. The first-order chi connectivity index (χ1) is 9.00. The molecule has 2 heterocycles. The number of rotatable bonds is 2. The van der Waals surface area contributed by atoms with E-state index in [9.17, 15) is 9.59 Å². The number of amides is 2. The first-order valence-corrected chi connectivity index (χ1v) is 7.23. The molecule has 102 valence electrons. The third kappa shape index (κ3) is 2.93. The largest absolute Gasteiger partial charge is 0.392 e. The number of carbonyl (C=O) groups excluding carboxylic acids is 2. The summed E-state index contributed by atoms with van der Waals surface area (Å²) in [6, 6.07) is 1.94. The molecule has 0 saturated heterocycles. The molecule has 3 N–H and O–H groups in total. The fraction of sp³-hybridized carbons (Fsp3) is 0.417. The number of thiophene rings is 1. The van der Waals surface area contributed by atoms with Crippen LogP contribution >= 0.6 is 23.6 Å². The fourth-order valence-electron chi connectivity index (χ4n) is 2.16. The van der Waals surface area contributed by atoms with Crippen molar-refractivity contribution in [3.63, 3.8) is 0 Å². The summed E-state index contributed by atoms with van der Waals surface area (Å²) in [4.78, 5) is 26.9. The van der Waals surface area contributed by atoms with Gasteiger partial charge in [0.15, 0.2) is 0 Å². The van der Waals surface area contributed by atoms with Gasteiger partial charge >= 0.3 is 11.8 Å². The van der Waals surface area contributed by atoms with Crippen LogP contribution < -0.4 is 11.1 Å². The van der Waals surface area contributed by atoms with E-state index < -0.39 is 11.8 Å². The van der Waals surface area contributed by atoms with E-state index >= 15 is 0 Å². The van der Waals surface area contributed by atoms with Crippen LogP contribution in [0.1, 0.15) is 23.4 Å². The van der Waals surface area contributed by atoms with Crippen molar-refractivity contribution in [2.45, 2.75) is 19.4 Å². The SMILES string of the molecule is CC1c2ccsc2CCN1C(=O)C(=O)NCC(N)=S. The molecule has 1 atom stereocenters. The number of nitrogens with zero attached hydrogens (tertiary/aromatic N) is 1. The van der Waals surface area contributed by atoms with Crippen molar-refractivity contribution in [3.8, 4) is 0 Å². The lowest BCUT2D eigenvalue weighted by molar-refractivity contribution is -0.147. The molecule has 0 aromatic carbocycles. The molecule has 0 spiro atoms. The first kappa shape index (κ1) is 14.0. The van der Waals surface area contributed by atoms with E-state index in [1.807, 2.05) is 18.4 Å². The standard InChI is InChI=1S/C12H15N3O2S2/c1-7-8-3-5-19-9(8)2-4-15(7)12(17)11(16)14-6-10(13)18/h3,5,7H,2,4,6H2,1H3,(H2,13,18)(H,14,16). The Bertz CT molecular complexity index is 527. The highest BCUT2D eigenvalue weighted by Gasteiger charge is 2.31. The predicted molar refractivity (Wildman–Crippen MR) is 77.9 cm³/mol. The third-order valence-corrected chi connectivity index (χ3v) is 4.30. The van der Waals surface area contributed by atoms with Gasteiger partial charge in [0.25, 0.3) is 0 Å². The Labute approximate surface area is 120 Å². The smallest absolute Gasteiger partial charge is 0.312 e. The second-order valence-corrected chi connectivity index (χ2v) is 5.90. The lowest BCUT2D eigenvalue weighted by atomic mass is 10.0. The molecule has 2 rings (SSSR count). The van der Waals surface area contributed by atoms with Crippen LogP contribution in [-0.4, -0.2) is 34.8 Å². The van der Waals surface area contributed by atoms with Gasteiger partial charge in [0, 0.05) is 11.4 Å². The molecule has 1 aliphatic rings. The van der Waals surface area contributed by atoms with Crippen molar-refractivity contribution in [3.05, 3.63) is 21.9 Å². The number of nitrogens with two attached hydrogens (primary N) is 1. The Morgan fingerprint density at radius 1 is 1.63 bits per heavy atom. The number of fused-ring (bicyclic) bond motifs is 1. The quantitative estimate of drug-likeness (QED) is 0.619. The highest BCUT2D eigenvalue weighted by Crippen LogP contribution is 2.32. The molecule has 0 saturated carbocycles. The van der Waals surface area contributed by atoms with Gasteiger partial charge in [0.05, 0.1) is 17.6 Å². The minimum absolute atomic E-state index is 0.0474. The van der Waals surface area contributed by atoms with Crippen molar-refractivity contribution >= 4 is 40.4 Å². The summed E-state index contributed by atoms with van der Waals surface area (Å²) >= 11 is 6.35. The van der Waals surface area contributed by atoms with Crippen LogP contribution in [0.4, 0.5) is 0 Å². The van der Waals surface area contributed by atoms with Crippen LogP contribution in [0.15, 0.2) is 11.4 Å². The summed E-state index contributed by atoms with van der Waals surface area (Å²) in [5, 5.41) is 4.44. The molecule has 0 aliphatic carbocycles. The highest BCUT2D eigenvalue weighted by molar-refractivity contribution is 7.80. The zero-order chi connectivity index (χ0) is 14.0. The molecule has 19 heavy (non-hydrogen) atoms. The summed E-state index contributed by atoms with van der Waals surface area (Å²) in [6.45, 7) is 2.54. The van der Waals surface area contributed by atoms with Crippen molar-refractivity contribution < 1.29 is 9.59 Å².